The molecule has 3 rings (SSSR count). The molecule has 1 aromatic carbocycles. The summed E-state index contributed by atoms with van der Waals surface area (Å²) in [5.74, 6) is 0.429. The second-order valence-corrected chi connectivity index (χ2v) is 7.46. The number of aromatic nitrogens is 2. The van der Waals surface area contributed by atoms with Crippen LogP contribution in [0, 0.1) is 0 Å². The number of nitrogens with one attached hydrogen (secondary N) is 1. The molecule has 2 heterocycles. The fourth-order valence-electron chi connectivity index (χ4n) is 2.51. The molecule has 0 radical (unpaired) electrons. The van der Waals surface area contributed by atoms with E-state index in [1.807, 2.05) is 0 Å². The molecule has 27 heavy (non-hydrogen) atoms. The molecule has 7 nitrogen and oxygen atoms in total. The smallest absolute Gasteiger partial charge is 0.272 e. The van der Waals surface area contributed by atoms with Gasteiger partial charge in [-0.25, -0.2) is 4.98 Å². The van der Waals surface area contributed by atoms with Crippen molar-refractivity contribution in [3.8, 4) is 11.5 Å². The second-order valence-electron chi connectivity index (χ2n) is 5.36. The number of carbonyl (C=O) groups excluding carboxylic acids is 1. The average molecular weight is 426 g/mol. The van der Waals surface area contributed by atoms with E-state index in [0.29, 0.717) is 37.6 Å². The van der Waals surface area contributed by atoms with E-state index in [4.69, 9.17) is 21.1 Å². The van der Waals surface area contributed by atoms with E-state index in [0.717, 1.165) is 0 Å². The third-order valence-electron chi connectivity index (χ3n) is 3.76. The Morgan fingerprint density at radius 1 is 1.33 bits per heavy atom. The first-order chi connectivity index (χ1) is 13.0. The van der Waals surface area contributed by atoms with Gasteiger partial charge in [-0.3, -0.25) is 14.2 Å². The van der Waals surface area contributed by atoms with Crippen molar-refractivity contribution in [3.05, 3.63) is 39.0 Å². The topological polar surface area (TPSA) is 82.4 Å². The molecule has 142 valence electrons. The Hall–Kier alpha value is -2.23. The lowest BCUT2D eigenvalue weighted by molar-refractivity contribution is -0.116. The van der Waals surface area contributed by atoms with E-state index in [-0.39, 0.29) is 12.1 Å². The molecule has 10 heteroatoms. The molecule has 0 bridgehead atoms. The Morgan fingerprint density at radius 2 is 2.07 bits per heavy atom. The summed E-state index contributed by atoms with van der Waals surface area (Å²) in [5, 5.41) is 5.33. The Kier molecular flexibility index (Phi) is 5.93. The van der Waals surface area contributed by atoms with E-state index in [9.17, 15) is 9.59 Å². The van der Waals surface area contributed by atoms with Crippen molar-refractivity contribution in [1.82, 2.24) is 9.55 Å². The van der Waals surface area contributed by atoms with Crippen LogP contribution in [-0.2, 0) is 11.3 Å². The highest BCUT2D eigenvalue weighted by atomic mass is 35.5. The molecule has 0 spiro atoms. The van der Waals surface area contributed by atoms with Crippen molar-refractivity contribution in [2.45, 2.75) is 11.7 Å². The number of ether oxygens (including phenoxy) is 2. The van der Waals surface area contributed by atoms with Crippen LogP contribution in [-0.4, -0.2) is 35.9 Å². The van der Waals surface area contributed by atoms with Gasteiger partial charge in [-0.1, -0.05) is 23.4 Å². The Morgan fingerprint density at radius 3 is 2.74 bits per heavy atom. The highest BCUT2D eigenvalue weighted by molar-refractivity contribution is 7.98. The molecule has 0 saturated heterocycles. The first-order valence-corrected chi connectivity index (χ1v) is 10.2. The molecule has 0 aliphatic heterocycles. The van der Waals surface area contributed by atoms with Gasteiger partial charge in [0.05, 0.1) is 30.4 Å². The van der Waals surface area contributed by atoms with Crippen LogP contribution in [0.25, 0.3) is 10.2 Å². The number of hydrogen-bond donors (Lipinski definition) is 1. The normalized spacial score (nSPS) is 10.8. The summed E-state index contributed by atoms with van der Waals surface area (Å²) in [6, 6.07) is 4.91. The minimum absolute atomic E-state index is 0.178. The third kappa shape index (κ3) is 3.90. The summed E-state index contributed by atoms with van der Waals surface area (Å²) in [6.07, 6.45) is 1.81. The maximum Gasteiger partial charge on any atom is 0.272 e. The average Bonchev–Trinajstić information content (AvgIpc) is 3.13. The quantitative estimate of drug-likeness (QED) is 0.481. The van der Waals surface area contributed by atoms with Gasteiger partial charge in [0, 0.05) is 6.07 Å². The van der Waals surface area contributed by atoms with Gasteiger partial charge in [0.25, 0.3) is 5.56 Å². The second kappa shape index (κ2) is 8.20. The zero-order chi connectivity index (χ0) is 19.6. The van der Waals surface area contributed by atoms with Crippen molar-refractivity contribution in [2.24, 2.45) is 0 Å². The first kappa shape index (κ1) is 19.5. The summed E-state index contributed by atoms with van der Waals surface area (Å²) >= 11 is 8.74. The molecule has 1 amide bonds. The number of amides is 1. The van der Waals surface area contributed by atoms with E-state index in [2.05, 4.69) is 10.3 Å². The van der Waals surface area contributed by atoms with Gasteiger partial charge < -0.3 is 14.8 Å². The molecule has 0 aliphatic carbocycles. The van der Waals surface area contributed by atoms with Gasteiger partial charge in [0.15, 0.2) is 5.16 Å². The van der Waals surface area contributed by atoms with Gasteiger partial charge >= 0.3 is 0 Å². The van der Waals surface area contributed by atoms with Crippen molar-refractivity contribution in [2.75, 3.05) is 25.8 Å². The van der Waals surface area contributed by atoms with Crippen LogP contribution in [0.4, 0.5) is 5.69 Å². The van der Waals surface area contributed by atoms with Gasteiger partial charge in [0.1, 0.15) is 22.7 Å². The van der Waals surface area contributed by atoms with Gasteiger partial charge in [-0.15, -0.1) is 11.3 Å². The maximum atomic E-state index is 12.7. The van der Waals surface area contributed by atoms with Crippen LogP contribution >= 0.6 is 34.7 Å². The number of anilines is 1. The van der Waals surface area contributed by atoms with E-state index < -0.39 is 5.91 Å². The predicted molar refractivity (Wildman–Crippen MR) is 109 cm³/mol. The monoisotopic (exact) mass is 425 g/mol. The molecule has 2 aromatic heterocycles. The molecule has 0 unspecified atom stereocenters. The lowest BCUT2D eigenvalue weighted by Gasteiger charge is -2.14. The standard InChI is InChI=1S/C17H16ClN3O4S2/c1-24-12-7-13(25-2)11(6-9(12)18)19-14(22)8-21-16(23)15-10(4-5-27-15)20-17(21)26-3/h4-7H,8H2,1-3H3,(H,19,22). The fraction of sp³-hybridized carbons (Fsp3) is 0.235. The van der Waals surface area contributed by atoms with Gasteiger partial charge in [0.2, 0.25) is 5.91 Å². The van der Waals surface area contributed by atoms with Crippen LogP contribution < -0.4 is 20.3 Å². The summed E-state index contributed by atoms with van der Waals surface area (Å²) in [5.41, 5.74) is 0.779. The number of hydrogen-bond acceptors (Lipinski definition) is 7. The maximum absolute atomic E-state index is 12.7. The molecular weight excluding hydrogens is 410 g/mol. The SMILES string of the molecule is COc1cc(OC)c(NC(=O)Cn2c(SC)nc3ccsc3c2=O)cc1Cl. The number of benzene rings is 1. The van der Waals surface area contributed by atoms with E-state index in [1.165, 1.54) is 48.0 Å². The highest BCUT2D eigenvalue weighted by Gasteiger charge is 2.17. The Labute approximate surface area is 168 Å². The number of methoxy groups -OCH3 is 2. The number of thioether (sulfide) groups is 1. The fourth-order valence-corrected chi connectivity index (χ4v) is 4.09. The van der Waals surface area contributed by atoms with E-state index >= 15 is 0 Å². The predicted octanol–water partition coefficient (Wildman–Crippen LogP) is 3.49. The zero-order valence-electron chi connectivity index (χ0n) is 14.7. The number of rotatable bonds is 6. The largest absolute Gasteiger partial charge is 0.495 e. The van der Waals surface area contributed by atoms with Crippen molar-refractivity contribution < 1.29 is 14.3 Å². The van der Waals surface area contributed by atoms with Gasteiger partial charge in [-0.2, -0.15) is 0 Å². The lowest BCUT2D eigenvalue weighted by atomic mass is 10.2. The van der Waals surface area contributed by atoms with Gasteiger partial charge in [-0.05, 0) is 23.8 Å². The number of halogens is 1. The number of nitrogens with zero attached hydrogens (tertiary/aromatic N) is 2. The first-order valence-electron chi connectivity index (χ1n) is 7.72. The molecule has 1 N–H and O–H groups in total. The Bertz CT molecular complexity index is 1060. The van der Waals surface area contributed by atoms with Crippen LogP contribution in [0.1, 0.15) is 0 Å². The third-order valence-corrected chi connectivity index (χ3v) is 5.63. The Balaban J connectivity index is 1.91. The van der Waals surface area contributed by atoms with Crippen molar-refractivity contribution in [1.29, 1.82) is 0 Å². The highest BCUT2D eigenvalue weighted by Crippen LogP contribution is 2.35. The number of thiophene rings is 1. The molecule has 0 saturated carbocycles. The summed E-state index contributed by atoms with van der Waals surface area (Å²) < 4.78 is 12.3. The van der Waals surface area contributed by atoms with Crippen LogP contribution in [0.2, 0.25) is 5.02 Å². The summed E-state index contributed by atoms with van der Waals surface area (Å²) in [7, 11) is 2.96. The minimum atomic E-state index is -0.398. The van der Waals surface area contributed by atoms with Crippen LogP contribution in [0.15, 0.2) is 33.5 Å². The van der Waals surface area contributed by atoms with Crippen LogP contribution in [0.3, 0.4) is 0 Å². The summed E-state index contributed by atoms with van der Waals surface area (Å²) in [6.45, 7) is -0.178. The molecular formula is C17H16ClN3O4S2. The number of fused-ring (bicyclic) bond motifs is 1. The molecule has 0 fully saturated rings. The summed E-state index contributed by atoms with van der Waals surface area (Å²) in [4.78, 5) is 29.7. The lowest BCUT2D eigenvalue weighted by Crippen LogP contribution is -2.29. The van der Waals surface area contributed by atoms with Crippen molar-refractivity contribution >= 4 is 56.5 Å². The molecule has 0 atom stereocenters. The zero-order valence-corrected chi connectivity index (χ0v) is 17.1. The number of carbonyl (C=O) groups is 1. The molecule has 3 aromatic rings. The minimum Gasteiger partial charge on any atom is -0.495 e. The van der Waals surface area contributed by atoms with Crippen LogP contribution in [0.5, 0.6) is 11.5 Å². The van der Waals surface area contributed by atoms with Crippen molar-refractivity contribution in [3.63, 3.8) is 0 Å². The molecule has 0 aliphatic rings. The van der Waals surface area contributed by atoms with E-state index in [1.54, 1.807) is 23.8 Å².